The van der Waals surface area contributed by atoms with Crippen LogP contribution in [0.4, 0.5) is 18.9 Å². The third kappa shape index (κ3) is 8.02. The van der Waals surface area contributed by atoms with Crippen LogP contribution in [0.2, 0.25) is 0 Å². The predicted octanol–water partition coefficient (Wildman–Crippen LogP) is 5.12. The van der Waals surface area contributed by atoms with Crippen LogP contribution in [0.25, 0.3) is 0 Å². The molecule has 1 heterocycles. The summed E-state index contributed by atoms with van der Waals surface area (Å²) in [5.74, 6) is -0.0903. The van der Waals surface area contributed by atoms with Gasteiger partial charge in [0.1, 0.15) is 5.75 Å². The molecule has 1 saturated heterocycles. The van der Waals surface area contributed by atoms with Crippen molar-refractivity contribution >= 4 is 35.6 Å². The van der Waals surface area contributed by atoms with E-state index in [1.807, 2.05) is 18.2 Å². The fourth-order valence-electron chi connectivity index (χ4n) is 3.32. The number of nitrogens with one attached hydrogen (secondary N) is 1. The minimum Gasteiger partial charge on any atom is -0.406 e. The molecule has 30 heavy (non-hydrogen) atoms. The van der Waals surface area contributed by atoms with Gasteiger partial charge >= 0.3 is 6.36 Å². The number of hydrogen-bond donors (Lipinski definition) is 2. The molecule has 0 saturated carbocycles. The lowest BCUT2D eigenvalue weighted by molar-refractivity contribution is -0.274. The van der Waals surface area contributed by atoms with Gasteiger partial charge in [0, 0.05) is 12.2 Å². The second-order valence-corrected chi connectivity index (χ2v) is 7.00. The number of likely N-dealkylation sites (tertiary alicyclic amines) is 1. The Morgan fingerprint density at radius 2 is 1.63 bits per heavy atom. The Hall–Kier alpha value is -2.01. The maximum Gasteiger partial charge on any atom is 0.573 e. The van der Waals surface area contributed by atoms with Crippen molar-refractivity contribution in [1.82, 2.24) is 4.90 Å². The molecule has 0 aromatic heterocycles. The zero-order valence-corrected chi connectivity index (χ0v) is 18.8. The summed E-state index contributed by atoms with van der Waals surface area (Å²) in [5.41, 5.74) is 8.82. The highest BCUT2D eigenvalue weighted by molar-refractivity contribution is 14.0. The molecule has 0 amide bonds. The Balaban J connectivity index is 0.00000320. The topological polar surface area (TPSA) is 62.9 Å². The summed E-state index contributed by atoms with van der Waals surface area (Å²) < 4.78 is 40.5. The maximum atomic E-state index is 12.2. The molecule has 0 unspecified atom stereocenters. The monoisotopic (exact) mass is 534 g/mol. The SMILES string of the molecule is I.NC(=NCc1ccccc1CN1CCCCC1)Nc1ccc(OC(F)(F)F)cc1. The van der Waals surface area contributed by atoms with Gasteiger partial charge in [0.05, 0.1) is 6.54 Å². The van der Waals surface area contributed by atoms with Crippen LogP contribution in [0.1, 0.15) is 30.4 Å². The molecular weight excluding hydrogens is 508 g/mol. The quantitative estimate of drug-likeness (QED) is 0.307. The van der Waals surface area contributed by atoms with E-state index in [2.05, 4.69) is 26.0 Å². The summed E-state index contributed by atoms with van der Waals surface area (Å²) in [6.45, 7) is 3.57. The van der Waals surface area contributed by atoms with Crippen molar-refractivity contribution in [2.75, 3.05) is 18.4 Å². The van der Waals surface area contributed by atoms with E-state index in [0.717, 1.165) is 25.2 Å². The van der Waals surface area contributed by atoms with Crippen LogP contribution >= 0.6 is 24.0 Å². The number of alkyl halides is 3. The van der Waals surface area contributed by atoms with Crippen LogP contribution in [0.5, 0.6) is 5.75 Å². The first-order valence-electron chi connectivity index (χ1n) is 9.61. The summed E-state index contributed by atoms with van der Waals surface area (Å²) in [4.78, 5) is 6.84. The summed E-state index contributed by atoms with van der Waals surface area (Å²) in [7, 11) is 0. The van der Waals surface area contributed by atoms with Gasteiger partial charge in [-0.15, -0.1) is 37.1 Å². The largest absolute Gasteiger partial charge is 0.573 e. The first kappa shape index (κ1) is 24.3. The average Bonchev–Trinajstić information content (AvgIpc) is 2.68. The highest BCUT2D eigenvalue weighted by Crippen LogP contribution is 2.24. The number of nitrogens with zero attached hydrogens (tertiary/aromatic N) is 2. The van der Waals surface area contributed by atoms with E-state index >= 15 is 0 Å². The number of halogens is 4. The molecule has 5 nitrogen and oxygen atoms in total. The van der Waals surface area contributed by atoms with Crippen molar-refractivity contribution in [1.29, 1.82) is 0 Å². The molecule has 0 spiro atoms. The Labute approximate surface area is 191 Å². The first-order chi connectivity index (χ1) is 13.9. The smallest absolute Gasteiger partial charge is 0.406 e. The molecule has 0 bridgehead atoms. The van der Waals surface area contributed by atoms with E-state index in [1.54, 1.807) is 0 Å². The molecule has 3 rings (SSSR count). The van der Waals surface area contributed by atoms with Crippen molar-refractivity contribution in [3.63, 3.8) is 0 Å². The number of piperidine rings is 1. The summed E-state index contributed by atoms with van der Waals surface area (Å²) >= 11 is 0. The van der Waals surface area contributed by atoms with E-state index in [9.17, 15) is 13.2 Å². The zero-order chi connectivity index (χ0) is 20.7. The van der Waals surface area contributed by atoms with Gasteiger partial charge in [0.25, 0.3) is 0 Å². The number of nitrogens with two attached hydrogens (primary N) is 1. The lowest BCUT2D eigenvalue weighted by Gasteiger charge is -2.27. The Morgan fingerprint density at radius 1 is 1.00 bits per heavy atom. The van der Waals surface area contributed by atoms with Gasteiger partial charge in [-0.25, -0.2) is 4.99 Å². The number of anilines is 1. The van der Waals surface area contributed by atoms with Gasteiger partial charge < -0.3 is 15.8 Å². The Morgan fingerprint density at radius 3 is 2.27 bits per heavy atom. The van der Waals surface area contributed by atoms with Crippen molar-refractivity contribution in [2.24, 2.45) is 10.7 Å². The van der Waals surface area contributed by atoms with Crippen LogP contribution in [-0.4, -0.2) is 30.3 Å². The minimum atomic E-state index is -4.71. The molecule has 0 aliphatic carbocycles. The molecule has 0 atom stereocenters. The Bertz CT molecular complexity index is 822. The average molecular weight is 534 g/mol. The predicted molar refractivity (Wildman–Crippen MR) is 123 cm³/mol. The van der Waals surface area contributed by atoms with E-state index in [4.69, 9.17) is 5.73 Å². The van der Waals surface area contributed by atoms with Crippen LogP contribution in [0, 0.1) is 0 Å². The normalized spacial score (nSPS) is 15.4. The van der Waals surface area contributed by atoms with Gasteiger partial charge in [0.2, 0.25) is 0 Å². The highest BCUT2D eigenvalue weighted by Gasteiger charge is 2.30. The van der Waals surface area contributed by atoms with Gasteiger partial charge in [0.15, 0.2) is 5.96 Å². The third-order valence-corrected chi connectivity index (χ3v) is 4.74. The molecule has 2 aromatic rings. The van der Waals surface area contributed by atoms with E-state index < -0.39 is 6.36 Å². The fraction of sp³-hybridized carbons (Fsp3) is 0.381. The summed E-state index contributed by atoms with van der Waals surface area (Å²) in [6.07, 6.45) is -0.932. The second kappa shape index (κ2) is 11.4. The number of aliphatic imine (C=N–C) groups is 1. The van der Waals surface area contributed by atoms with Crippen LogP contribution < -0.4 is 15.8 Å². The van der Waals surface area contributed by atoms with E-state index in [1.165, 1.54) is 49.1 Å². The van der Waals surface area contributed by atoms with Crippen LogP contribution in [0.3, 0.4) is 0 Å². The lowest BCUT2D eigenvalue weighted by Crippen LogP contribution is -2.29. The minimum absolute atomic E-state index is 0. The molecule has 0 radical (unpaired) electrons. The van der Waals surface area contributed by atoms with Crippen molar-refractivity contribution < 1.29 is 17.9 Å². The number of guanidine groups is 1. The molecule has 164 valence electrons. The van der Waals surface area contributed by atoms with Gasteiger partial charge in [-0.05, 0) is 61.3 Å². The maximum absolute atomic E-state index is 12.2. The molecule has 2 aromatic carbocycles. The van der Waals surface area contributed by atoms with E-state index in [-0.39, 0.29) is 35.7 Å². The fourth-order valence-corrected chi connectivity index (χ4v) is 3.32. The van der Waals surface area contributed by atoms with Crippen molar-refractivity contribution in [2.45, 2.75) is 38.7 Å². The van der Waals surface area contributed by atoms with Gasteiger partial charge in [-0.3, -0.25) is 4.90 Å². The third-order valence-electron chi connectivity index (χ3n) is 4.74. The Kier molecular flexibility index (Phi) is 9.22. The highest BCUT2D eigenvalue weighted by atomic mass is 127. The molecule has 1 fully saturated rings. The number of benzene rings is 2. The molecule has 3 N–H and O–H groups in total. The second-order valence-electron chi connectivity index (χ2n) is 7.00. The molecule has 9 heteroatoms. The zero-order valence-electron chi connectivity index (χ0n) is 16.5. The first-order valence-corrected chi connectivity index (χ1v) is 9.61. The number of rotatable bonds is 6. The summed E-state index contributed by atoms with van der Waals surface area (Å²) in [6, 6.07) is 13.5. The molecule has 1 aliphatic heterocycles. The number of ether oxygens (including phenoxy) is 1. The molecular formula is C21H26F3IN4O. The van der Waals surface area contributed by atoms with Crippen molar-refractivity contribution in [3.8, 4) is 5.75 Å². The van der Waals surface area contributed by atoms with E-state index in [0.29, 0.717) is 12.2 Å². The summed E-state index contributed by atoms with van der Waals surface area (Å²) in [5, 5.41) is 2.88. The number of hydrogen-bond acceptors (Lipinski definition) is 3. The lowest BCUT2D eigenvalue weighted by atomic mass is 10.1. The van der Waals surface area contributed by atoms with Crippen LogP contribution in [-0.2, 0) is 13.1 Å². The van der Waals surface area contributed by atoms with Crippen molar-refractivity contribution in [3.05, 3.63) is 59.7 Å². The van der Waals surface area contributed by atoms with Gasteiger partial charge in [-0.1, -0.05) is 30.7 Å². The van der Waals surface area contributed by atoms with Crippen LogP contribution in [0.15, 0.2) is 53.5 Å². The van der Waals surface area contributed by atoms with Gasteiger partial charge in [-0.2, -0.15) is 0 Å². The molecule has 1 aliphatic rings. The standard InChI is InChI=1S/C21H25F3N4O.HI/c22-21(23,24)29-19-10-8-18(9-11-19)27-20(25)26-14-16-6-2-3-7-17(16)15-28-12-4-1-5-13-28;/h2-3,6-11H,1,4-5,12-15H2,(H3,25,26,27);1H.